The lowest BCUT2D eigenvalue weighted by Gasteiger charge is -2.07. The number of anilines is 1. The molecule has 0 aliphatic carbocycles. The smallest absolute Gasteiger partial charge is 0.255 e. The zero-order valence-electron chi connectivity index (χ0n) is 11.9. The molecule has 0 saturated heterocycles. The van der Waals surface area contributed by atoms with E-state index in [0.29, 0.717) is 11.3 Å². The predicted octanol–water partition coefficient (Wildman–Crippen LogP) is 1.82. The van der Waals surface area contributed by atoms with E-state index < -0.39 is 0 Å². The van der Waals surface area contributed by atoms with Crippen molar-refractivity contribution in [2.24, 2.45) is 7.05 Å². The van der Waals surface area contributed by atoms with E-state index in [0.717, 1.165) is 5.69 Å². The highest BCUT2D eigenvalue weighted by molar-refractivity contribution is 6.04. The third-order valence-corrected chi connectivity index (χ3v) is 3.26. The topological polar surface area (TPSA) is 68.9 Å². The fraction of sp³-hybridized carbons (Fsp3) is 0.0625. The Balaban J connectivity index is 1.76. The lowest BCUT2D eigenvalue weighted by atomic mass is 10.2. The lowest BCUT2D eigenvalue weighted by molar-refractivity contribution is 0.102. The molecule has 1 N–H and O–H groups in total. The summed E-state index contributed by atoms with van der Waals surface area (Å²) in [5, 5.41) is 6.90. The molecule has 6 nitrogen and oxygen atoms in total. The van der Waals surface area contributed by atoms with Crippen molar-refractivity contribution < 1.29 is 4.79 Å². The van der Waals surface area contributed by atoms with Crippen molar-refractivity contribution >= 4 is 11.6 Å². The number of aryl methyl sites for hydroxylation is 1. The first-order chi connectivity index (χ1) is 10.6. The monoisotopic (exact) mass is 294 g/mol. The molecule has 0 spiro atoms. The summed E-state index contributed by atoms with van der Waals surface area (Å²) in [6.07, 6.45) is 5.11. The lowest BCUT2D eigenvalue weighted by Crippen LogP contribution is -2.19. The van der Waals surface area contributed by atoms with Gasteiger partial charge in [-0.1, -0.05) is 0 Å². The second-order valence-corrected chi connectivity index (χ2v) is 4.82. The quantitative estimate of drug-likeness (QED) is 0.801. The molecule has 0 radical (unpaired) electrons. The molecule has 2 heterocycles. The summed E-state index contributed by atoms with van der Waals surface area (Å²) in [5.41, 5.74) is 1.67. The molecule has 0 aliphatic heterocycles. The van der Waals surface area contributed by atoms with E-state index in [2.05, 4.69) is 10.4 Å². The average molecular weight is 294 g/mol. The van der Waals surface area contributed by atoms with E-state index in [4.69, 9.17) is 0 Å². The van der Waals surface area contributed by atoms with Crippen molar-refractivity contribution in [1.82, 2.24) is 14.3 Å². The summed E-state index contributed by atoms with van der Waals surface area (Å²) in [6, 6.07) is 12.0. The van der Waals surface area contributed by atoms with E-state index in [-0.39, 0.29) is 11.5 Å². The van der Waals surface area contributed by atoms with Crippen LogP contribution in [0, 0.1) is 0 Å². The van der Waals surface area contributed by atoms with Gasteiger partial charge < -0.3 is 9.88 Å². The molecule has 110 valence electrons. The van der Waals surface area contributed by atoms with Gasteiger partial charge in [0, 0.05) is 43.0 Å². The molecule has 2 aromatic heterocycles. The van der Waals surface area contributed by atoms with Crippen LogP contribution in [-0.2, 0) is 7.05 Å². The highest BCUT2D eigenvalue weighted by Gasteiger charge is 2.07. The fourth-order valence-electron chi connectivity index (χ4n) is 2.01. The first-order valence-corrected chi connectivity index (χ1v) is 6.71. The maximum atomic E-state index is 12.1. The molecule has 3 aromatic rings. The van der Waals surface area contributed by atoms with Crippen molar-refractivity contribution in [2.75, 3.05) is 5.32 Å². The number of amides is 1. The van der Waals surface area contributed by atoms with E-state index in [9.17, 15) is 9.59 Å². The summed E-state index contributed by atoms with van der Waals surface area (Å²) in [6.45, 7) is 0. The van der Waals surface area contributed by atoms with Crippen molar-refractivity contribution in [3.05, 3.63) is 77.0 Å². The Morgan fingerprint density at radius 2 is 1.91 bits per heavy atom. The van der Waals surface area contributed by atoms with Crippen molar-refractivity contribution in [3.63, 3.8) is 0 Å². The maximum absolute atomic E-state index is 12.1. The van der Waals surface area contributed by atoms with Gasteiger partial charge in [-0.2, -0.15) is 5.10 Å². The number of hydrogen-bond acceptors (Lipinski definition) is 3. The van der Waals surface area contributed by atoms with Crippen LogP contribution in [0.3, 0.4) is 0 Å². The second-order valence-electron chi connectivity index (χ2n) is 4.82. The van der Waals surface area contributed by atoms with Gasteiger partial charge in [-0.3, -0.25) is 9.59 Å². The number of benzene rings is 1. The minimum atomic E-state index is -0.315. The number of nitrogens with one attached hydrogen (secondary N) is 1. The van der Waals surface area contributed by atoms with E-state index in [1.54, 1.807) is 42.3 Å². The number of nitrogens with zero attached hydrogens (tertiary/aromatic N) is 3. The largest absolute Gasteiger partial charge is 0.322 e. The highest BCUT2D eigenvalue weighted by atomic mass is 16.2. The van der Waals surface area contributed by atoms with Gasteiger partial charge in [0.05, 0.1) is 5.69 Å². The van der Waals surface area contributed by atoms with Gasteiger partial charge in [0.1, 0.15) is 0 Å². The molecule has 0 atom stereocenters. The molecule has 0 bridgehead atoms. The zero-order valence-corrected chi connectivity index (χ0v) is 11.9. The fourth-order valence-corrected chi connectivity index (χ4v) is 2.01. The maximum Gasteiger partial charge on any atom is 0.255 e. The van der Waals surface area contributed by atoms with Crippen LogP contribution in [0.25, 0.3) is 5.69 Å². The Kier molecular flexibility index (Phi) is 3.57. The molecule has 6 heteroatoms. The molecule has 0 fully saturated rings. The van der Waals surface area contributed by atoms with Crippen LogP contribution in [0.15, 0.2) is 65.8 Å². The SMILES string of the molecule is Cn1ccc(C(=O)Nc2ccc(-n3cccn3)cc2)cc1=O. The molecular weight excluding hydrogens is 280 g/mol. The third-order valence-electron chi connectivity index (χ3n) is 3.26. The van der Waals surface area contributed by atoms with Gasteiger partial charge >= 0.3 is 0 Å². The second kappa shape index (κ2) is 5.69. The molecular formula is C16H14N4O2. The normalized spacial score (nSPS) is 10.4. The zero-order chi connectivity index (χ0) is 15.5. The van der Waals surface area contributed by atoms with Gasteiger partial charge in [-0.05, 0) is 36.4 Å². The molecule has 3 rings (SSSR count). The Morgan fingerprint density at radius 1 is 1.14 bits per heavy atom. The minimum Gasteiger partial charge on any atom is -0.322 e. The van der Waals surface area contributed by atoms with Gasteiger partial charge in [0.2, 0.25) is 0 Å². The van der Waals surface area contributed by atoms with Crippen LogP contribution >= 0.6 is 0 Å². The average Bonchev–Trinajstić information content (AvgIpc) is 3.05. The molecule has 0 saturated carbocycles. The molecule has 22 heavy (non-hydrogen) atoms. The van der Waals surface area contributed by atoms with Gasteiger partial charge in [0.25, 0.3) is 11.5 Å². The number of hydrogen-bond donors (Lipinski definition) is 1. The van der Waals surface area contributed by atoms with Crippen LogP contribution in [0.1, 0.15) is 10.4 Å². The van der Waals surface area contributed by atoms with E-state index in [1.807, 2.05) is 24.4 Å². The first kappa shape index (κ1) is 13.8. The van der Waals surface area contributed by atoms with Crippen LogP contribution < -0.4 is 10.9 Å². The summed E-state index contributed by atoms with van der Waals surface area (Å²) >= 11 is 0. The Morgan fingerprint density at radius 3 is 2.55 bits per heavy atom. The number of rotatable bonds is 3. The standard InChI is InChI=1S/C16H14N4O2/c1-19-10-7-12(11-15(19)21)16(22)18-13-3-5-14(6-4-13)20-9-2-8-17-20/h2-11H,1H3,(H,18,22). The molecule has 1 amide bonds. The van der Waals surface area contributed by atoms with Crippen LogP contribution in [-0.4, -0.2) is 20.3 Å². The first-order valence-electron chi connectivity index (χ1n) is 6.71. The summed E-state index contributed by atoms with van der Waals surface area (Å²) < 4.78 is 3.14. The van der Waals surface area contributed by atoms with Crippen LogP contribution in [0.4, 0.5) is 5.69 Å². The third kappa shape index (κ3) is 2.80. The molecule has 1 aromatic carbocycles. The number of carbonyl (C=O) groups excluding carboxylic acids is 1. The van der Waals surface area contributed by atoms with Crippen LogP contribution in [0.5, 0.6) is 0 Å². The van der Waals surface area contributed by atoms with Crippen molar-refractivity contribution in [2.45, 2.75) is 0 Å². The Bertz CT molecular complexity index is 849. The summed E-state index contributed by atoms with van der Waals surface area (Å²) in [4.78, 5) is 23.7. The number of carbonyl (C=O) groups is 1. The van der Waals surface area contributed by atoms with E-state index in [1.165, 1.54) is 10.6 Å². The van der Waals surface area contributed by atoms with Gasteiger partial charge in [-0.25, -0.2) is 4.68 Å². The van der Waals surface area contributed by atoms with Gasteiger partial charge in [-0.15, -0.1) is 0 Å². The number of pyridine rings is 1. The van der Waals surface area contributed by atoms with Gasteiger partial charge in [0.15, 0.2) is 0 Å². The summed E-state index contributed by atoms with van der Waals surface area (Å²) in [5.74, 6) is -0.315. The Labute approximate surface area is 126 Å². The van der Waals surface area contributed by atoms with Crippen molar-refractivity contribution in [3.8, 4) is 5.69 Å². The summed E-state index contributed by atoms with van der Waals surface area (Å²) in [7, 11) is 1.64. The number of aromatic nitrogens is 3. The minimum absolute atomic E-state index is 0.221. The Hall–Kier alpha value is -3.15. The predicted molar refractivity (Wildman–Crippen MR) is 83.2 cm³/mol. The van der Waals surface area contributed by atoms with Crippen molar-refractivity contribution in [1.29, 1.82) is 0 Å². The molecule has 0 aliphatic rings. The van der Waals surface area contributed by atoms with Crippen LogP contribution in [0.2, 0.25) is 0 Å². The van der Waals surface area contributed by atoms with E-state index >= 15 is 0 Å². The molecule has 0 unspecified atom stereocenters. The highest BCUT2D eigenvalue weighted by Crippen LogP contribution is 2.13.